The summed E-state index contributed by atoms with van der Waals surface area (Å²) in [5.41, 5.74) is 2.78. The van der Waals surface area contributed by atoms with Gasteiger partial charge < -0.3 is 19.0 Å². The predicted octanol–water partition coefficient (Wildman–Crippen LogP) is 2.96. The van der Waals surface area contributed by atoms with Crippen LogP contribution in [0.5, 0.6) is 0 Å². The standard InChI is InChI=1S/C22H20N4O5/c1-13-10-15(14(2)26(13)19-6-4-5-9-23-19)11-17-20(27)25(22(29)24-17)12-16-7-8-18(31-16)21(28)30-3/h4-11H,12H2,1-3H3,(H,24,29)/b17-11-. The average Bonchev–Trinajstić information content (AvgIpc) is 3.42. The molecule has 0 aromatic carbocycles. The Morgan fingerprint density at radius 1 is 1.23 bits per heavy atom. The van der Waals surface area contributed by atoms with Gasteiger partial charge in [0.05, 0.1) is 13.7 Å². The van der Waals surface area contributed by atoms with Gasteiger partial charge >= 0.3 is 12.0 Å². The smallest absolute Gasteiger partial charge is 0.373 e. The molecule has 9 heteroatoms. The summed E-state index contributed by atoms with van der Waals surface area (Å²) in [7, 11) is 1.24. The molecule has 0 aliphatic carbocycles. The van der Waals surface area contributed by atoms with Crippen LogP contribution < -0.4 is 5.32 Å². The van der Waals surface area contributed by atoms with Gasteiger partial charge in [0, 0.05) is 17.6 Å². The van der Waals surface area contributed by atoms with E-state index < -0.39 is 17.9 Å². The zero-order chi connectivity index (χ0) is 22.1. The lowest BCUT2D eigenvalue weighted by Gasteiger charge is -2.09. The van der Waals surface area contributed by atoms with Gasteiger partial charge in [-0.15, -0.1) is 0 Å². The molecule has 4 rings (SSSR count). The number of aryl methyl sites for hydroxylation is 1. The number of urea groups is 1. The molecule has 0 saturated carbocycles. The Balaban J connectivity index is 1.58. The van der Waals surface area contributed by atoms with Crippen molar-refractivity contribution in [2.45, 2.75) is 20.4 Å². The van der Waals surface area contributed by atoms with Crippen LogP contribution in [0, 0.1) is 13.8 Å². The van der Waals surface area contributed by atoms with Gasteiger partial charge in [-0.1, -0.05) is 6.07 Å². The highest BCUT2D eigenvalue weighted by Crippen LogP contribution is 2.24. The number of pyridine rings is 1. The van der Waals surface area contributed by atoms with Gasteiger partial charge in [-0.3, -0.25) is 9.69 Å². The molecule has 1 aliphatic rings. The third kappa shape index (κ3) is 3.73. The number of amides is 3. The fourth-order valence-electron chi connectivity index (χ4n) is 3.47. The molecular weight excluding hydrogens is 400 g/mol. The Labute approximate surface area is 177 Å². The monoisotopic (exact) mass is 420 g/mol. The number of aromatic nitrogens is 2. The lowest BCUT2D eigenvalue weighted by atomic mass is 10.2. The summed E-state index contributed by atoms with van der Waals surface area (Å²) in [6.07, 6.45) is 3.36. The van der Waals surface area contributed by atoms with Crippen molar-refractivity contribution < 1.29 is 23.5 Å². The van der Waals surface area contributed by atoms with E-state index in [1.807, 2.05) is 42.7 Å². The summed E-state index contributed by atoms with van der Waals surface area (Å²) in [5, 5.41) is 2.60. The lowest BCUT2D eigenvalue weighted by Crippen LogP contribution is -2.30. The molecule has 31 heavy (non-hydrogen) atoms. The van der Waals surface area contributed by atoms with Crippen LogP contribution in [0.25, 0.3) is 11.9 Å². The van der Waals surface area contributed by atoms with Crippen molar-refractivity contribution >= 4 is 24.0 Å². The predicted molar refractivity (Wildman–Crippen MR) is 110 cm³/mol. The van der Waals surface area contributed by atoms with Gasteiger partial charge in [0.25, 0.3) is 5.91 Å². The largest absolute Gasteiger partial charge is 0.463 e. The Morgan fingerprint density at radius 3 is 2.74 bits per heavy atom. The van der Waals surface area contributed by atoms with Crippen LogP contribution in [0.3, 0.4) is 0 Å². The van der Waals surface area contributed by atoms with E-state index in [-0.39, 0.29) is 18.0 Å². The van der Waals surface area contributed by atoms with Crippen LogP contribution in [0.15, 0.2) is 52.7 Å². The fraction of sp³-hybridized carbons (Fsp3) is 0.182. The number of furan rings is 1. The first kappa shape index (κ1) is 20.1. The van der Waals surface area contributed by atoms with Crippen LogP contribution in [-0.2, 0) is 16.1 Å². The van der Waals surface area contributed by atoms with Crippen LogP contribution in [-0.4, -0.2) is 39.5 Å². The highest BCUT2D eigenvalue weighted by atomic mass is 16.5. The molecule has 158 valence electrons. The first-order valence-corrected chi connectivity index (χ1v) is 9.51. The molecule has 0 spiro atoms. The second kappa shape index (κ2) is 7.94. The minimum absolute atomic E-state index is 0.00211. The molecule has 9 nitrogen and oxygen atoms in total. The van der Waals surface area contributed by atoms with Crippen molar-refractivity contribution in [1.82, 2.24) is 19.8 Å². The van der Waals surface area contributed by atoms with Crippen LogP contribution >= 0.6 is 0 Å². The van der Waals surface area contributed by atoms with Crippen LogP contribution in [0.4, 0.5) is 4.79 Å². The molecule has 3 amide bonds. The maximum absolute atomic E-state index is 12.8. The van der Waals surface area contributed by atoms with E-state index in [0.717, 1.165) is 27.7 Å². The third-order valence-electron chi connectivity index (χ3n) is 4.97. The minimum Gasteiger partial charge on any atom is -0.463 e. The molecule has 4 heterocycles. The number of carbonyl (C=O) groups excluding carboxylic acids is 3. The van der Waals surface area contributed by atoms with Crippen molar-refractivity contribution in [2.24, 2.45) is 0 Å². The average molecular weight is 420 g/mol. The fourth-order valence-corrected chi connectivity index (χ4v) is 3.47. The molecule has 0 bridgehead atoms. The molecule has 1 saturated heterocycles. The number of esters is 1. The van der Waals surface area contributed by atoms with Crippen molar-refractivity contribution in [2.75, 3.05) is 7.11 Å². The number of nitrogens with zero attached hydrogens (tertiary/aromatic N) is 3. The maximum Gasteiger partial charge on any atom is 0.373 e. The Bertz CT molecular complexity index is 1210. The molecule has 0 radical (unpaired) electrons. The Kier molecular flexibility index (Phi) is 5.16. The molecule has 3 aromatic rings. The number of rotatable bonds is 5. The first-order valence-electron chi connectivity index (χ1n) is 9.51. The quantitative estimate of drug-likeness (QED) is 0.386. The van der Waals surface area contributed by atoms with Gasteiger partial charge in [0.1, 0.15) is 17.3 Å². The molecule has 0 atom stereocenters. The van der Waals surface area contributed by atoms with Gasteiger partial charge in [0.2, 0.25) is 5.76 Å². The van der Waals surface area contributed by atoms with Crippen molar-refractivity contribution in [3.05, 3.63) is 76.8 Å². The lowest BCUT2D eigenvalue weighted by molar-refractivity contribution is -0.123. The summed E-state index contributed by atoms with van der Waals surface area (Å²) in [4.78, 5) is 42.1. The van der Waals surface area contributed by atoms with Gasteiger partial charge in [-0.05, 0) is 55.8 Å². The summed E-state index contributed by atoms with van der Waals surface area (Å²) < 4.78 is 11.9. The number of imide groups is 1. The van der Waals surface area contributed by atoms with E-state index >= 15 is 0 Å². The number of hydrogen-bond acceptors (Lipinski definition) is 6. The van der Waals surface area contributed by atoms with Gasteiger partial charge in [0.15, 0.2) is 0 Å². The van der Waals surface area contributed by atoms with Gasteiger partial charge in [-0.2, -0.15) is 0 Å². The Hall–Kier alpha value is -4.14. The zero-order valence-electron chi connectivity index (χ0n) is 17.2. The molecule has 0 unspecified atom stereocenters. The molecule has 1 N–H and O–H groups in total. The van der Waals surface area contributed by atoms with Crippen LogP contribution in [0.2, 0.25) is 0 Å². The van der Waals surface area contributed by atoms with Crippen LogP contribution in [0.1, 0.15) is 33.3 Å². The number of carbonyl (C=O) groups is 3. The van der Waals surface area contributed by atoms with Gasteiger partial charge in [-0.25, -0.2) is 14.6 Å². The molecule has 1 fully saturated rings. The third-order valence-corrected chi connectivity index (χ3v) is 4.97. The van der Waals surface area contributed by atoms with E-state index in [9.17, 15) is 14.4 Å². The zero-order valence-corrected chi connectivity index (χ0v) is 17.2. The topological polar surface area (TPSA) is 107 Å². The molecule has 3 aromatic heterocycles. The van der Waals surface area contributed by atoms with E-state index in [1.54, 1.807) is 12.3 Å². The van der Waals surface area contributed by atoms with E-state index in [4.69, 9.17) is 4.42 Å². The summed E-state index contributed by atoms with van der Waals surface area (Å²) >= 11 is 0. The number of methoxy groups -OCH3 is 1. The summed E-state index contributed by atoms with van der Waals surface area (Å²) in [6.45, 7) is 3.76. The Morgan fingerprint density at radius 2 is 2.03 bits per heavy atom. The molecular formula is C22H20N4O5. The first-order chi connectivity index (χ1) is 14.9. The highest BCUT2D eigenvalue weighted by molar-refractivity contribution is 6.13. The number of hydrogen-bond donors (Lipinski definition) is 1. The highest BCUT2D eigenvalue weighted by Gasteiger charge is 2.34. The second-order valence-electron chi connectivity index (χ2n) is 6.99. The second-order valence-corrected chi connectivity index (χ2v) is 6.99. The maximum atomic E-state index is 12.8. The minimum atomic E-state index is -0.632. The summed E-state index contributed by atoms with van der Waals surface area (Å²) in [5.74, 6) is -0.0542. The molecule has 1 aliphatic heterocycles. The van der Waals surface area contributed by atoms with E-state index in [2.05, 4.69) is 15.0 Å². The van der Waals surface area contributed by atoms with E-state index in [0.29, 0.717) is 5.76 Å². The SMILES string of the molecule is COC(=O)c1ccc(CN2C(=O)N/C(=C\c3cc(C)n(-c4ccccn4)c3C)C2=O)o1. The summed E-state index contributed by atoms with van der Waals surface area (Å²) in [6, 6.07) is 9.96. The number of nitrogens with one attached hydrogen (secondary N) is 1. The van der Waals surface area contributed by atoms with E-state index in [1.165, 1.54) is 19.2 Å². The van der Waals surface area contributed by atoms with Crippen molar-refractivity contribution in [3.63, 3.8) is 0 Å². The normalized spacial score (nSPS) is 14.9. The van der Waals surface area contributed by atoms with Crippen molar-refractivity contribution in [3.8, 4) is 5.82 Å². The number of ether oxygens (including phenoxy) is 1. The van der Waals surface area contributed by atoms with Crippen molar-refractivity contribution in [1.29, 1.82) is 0 Å².